The van der Waals surface area contributed by atoms with Crippen molar-refractivity contribution in [3.8, 4) is 11.5 Å². The van der Waals surface area contributed by atoms with Crippen molar-refractivity contribution in [3.05, 3.63) is 192 Å². The summed E-state index contributed by atoms with van der Waals surface area (Å²) in [6, 6.07) is 26.1. The standard InChI is InChI=1S/C25H34N6O3.C20H28N6O3.C17H26N6O2.C15H15ClN4O.C15H20N6O.C6H13N.C3H3ClO/c1-17-22(28-19-7-6-14-30(16-19)24(32)34-25(2,3)4)29-21-12-13-27-31(21)23(17)26-15-18-8-10-20(33-5)11-9-18;1-6-16(27)24-18-13(2)17(23-15-9-10-21-26(15)18)22-14-8-7-11-25(12-14)19(28)29-20(3,4)5;1-11-14(18)23-13(7-8-19-23)21-15(11)20-12-6-5-9-22(10-12)16(24)25-17(2,3)4;1-10-14(16)19-13-7-8-18-20(13)15(10)17-9-11-3-5-12(21-2)6-4-11;1-3-13(22)20-15-10(2)14(18-11-5-4-7-16-9-11)19-12-6-8-17-21(12)15;7-6-4-2-1-3-5-6;1-2-3(4)5/h8-13,19,26H,6-7,14-16H2,1-5H3,(H,28,29);6,9-10,14H,1,7-8,11-12H2,2-5H3,(H,22,23)(H,24,27);7-8,12H,5-6,9-10,18H2,1-4H3,(H,20,21);3-8,17H,9H2,1-2H3;3,6,8,11,16H,1,4-5,7,9H2,2H3,(H,18,19)(H,20,22);6H,1-5,7H2;2H,1H2. The number of rotatable bonds is 21. The summed E-state index contributed by atoms with van der Waals surface area (Å²) in [6.45, 7) is 43.6. The van der Waals surface area contributed by atoms with E-state index in [1.807, 2.05) is 174 Å². The molecule has 40 nitrogen and oxygen atoms in total. The van der Waals surface area contributed by atoms with Crippen LogP contribution in [0, 0.1) is 34.6 Å². The number of likely N-dealkylation sites (tertiary alicyclic amines) is 3. The second-order valence-electron chi connectivity index (χ2n) is 38.3. The molecule has 4 atom stereocenters. The van der Waals surface area contributed by atoms with Gasteiger partial charge in [-0.05, 0) is 233 Å². The van der Waals surface area contributed by atoms with E-state index in [-0.39, 0.29) is 48.2 Å². The monoisotopic (exact) mass is 2000 g/mol. The topological polar surface area (TPSA) is 470 Å². The van der Waals surface area contributed by atoms with Crippen molar-refractivity contribution in [2.24, 2.45) is 5.73 Å². The predicted octanol–water partition coefficient (Wildman–Crippen LogP) is 16.7. The van der Waals surface area contributed by atoms with Crippen LogP contribution >= 0.6 is 23.2 Å². The van der Waals surface area contributed by atoms with Gasteiger partial charge in [-0.3, -0.25) is 14.4 Å². The summed E-state index contributed by atoms with van der Waals surface area (Å²) in [4.78, 5) is 98.4. The molecule has 0 spiro atoms. The molecule has 42 heteroatoms. The Hall–Kier alpha value is -14.1. The number of nitrogens with zero attached hydrogens (tertiary/aromatic N) is 18. The van der Waals surface area contributed by atoms with Gasteiger partial charge in [-0.2, -0.15) is 48.1 Å². The van der Waals surface area contributed by atoms with Crippen molar-refractivity contribution >= 4 is 139 Å². The zero-order valence-electron chi connectivity index (χ0n) is 84.8. The number of anilines is 9. The summed E-state index contributed by atoms with van der Waals surface area (Å²) >= 11 is 10.9. The van der Waals surface area contributed by atoms with Crippen LogP contribution in [0.25, 0.3) is 28.2 Å². The maximum atomic E-state index is 12.6. The highest BCUT2D eigenvalue weighted by Gasteiger charge is 2.34. The summed E-state index contributed by atoms with van der Waals surface area (Å²) in [6.07, 6.45) is 25.5. The molecule has 14 heterocycles. The number of ether oxygens (including phenoxy) is 5. The van der Waals surface area contributed by atoms with Crippen molar-refractivity contribution in [2.45, 2.75) is 241 Å². The third-order valence-corrected chi connectivity index (χ3v) is 24.1. The molecule has 17 rings (SSSR count). The molecule has 12 aromatic rings. The van der Waals surface area contributed by atoms with Gasteiger partial charge >= 0.3 is 18.3 Å². The van der Waals surface area contributed by atoms with Gasteiger partial charge in [0.05, 0.1) is 45.2 Å². The van der Waals surface area contributed by atoms with Crippen LogP contribution in [0.15, 0.2) is 148 Å². The molecule has 4 unspecified atom stereocenters. The molecule has 10 aromatic heterocycles. The van der Waals surface area contributed by atoms with Crippen molar-refractivity contribution in [1.29, 1.82) is 0 Å². The molecule has 768 valence electrons. The van der Waals surface area contributed by atoms with E-state index in [0.717, 1.165) is 161 Å². The zero-order chi connectivity index (χ0) is 103. The number of methoxy groups -OCH3 is 2. The number of piperidine rings is 4. The maximum absolute atomic E-state index is 12.6. The highest BCUT2D eigenvalue weighted by atomic mass is 35.5. The first-order valence-electron chi connectivity index (χ1n) is 48.2. The smallest absolute Gasteiger partial charge is 0.410 e. The third kappa shape index (κ3) is 31.7. The molecule has 2 aromatic carbocycles. The Labute approximate surface area is 844 Å². The maximum Gasteiger partial charge on any atom is 0.410 e. The number of nitrogens with two attached hydrogens (primary N) is 2. The largest absolute Gasteiger partial charge is 0.497 e. The van der Waals surface area contributed by atoms with E-state index in [0.29, 0.717) is 110 Å². The summed E-state index contributed by atoms with van der Waals surface area (Å²) in [5.41, 5.74) is 20.3. The SMILES string of the molecule is C=CC(=O)Cl.C=CC(=O)Nc1c(C)c(NC2CCCN(C(=O)OC(C)(C)C)C2)nc2ccnn12.C=CC(=O)Nc1c(C)c(NC2CCCNC2)nc2ccnn12.COc1ccc(CNc2c(C)c(Cl)nc3ccnn23)cc1.COc1ccc(CNc2c(C)c(NC3CCCN(C(=O)OC(C)(C)C)C3)nc3ccnn23)cc1.Cc1c(NC2CCCN(C(=O)OC(C)(C)C)C2)nc2ccnn2c1N.NC1CCCCC1. The lowest BCUT2D eigenvalue weighted by atomic mass is 9.97. The number of carbonyl (C=O) groups is 6. The molecule has 5 amide bonds. The number of nitrogens with one attached hydrogen (secondary N) is 9. The molecule has 5 aliphatic rings. The Morgan fingerprint density at radius 3 is 1.08 bits per heavy atom. The Morgan fingerprint density at radius 2 is 0.748 bits per heavy atom. The van der Waals surface area contributed by atoms with Crippen LogP contribution in [0.1, 0.15) is 185 Å². The number of hydrogen-bond acceptors (Lipinski definition) is 30. The van der Waals surface area contributed by atoms with Crippen LogP contribution in [0.5, 0.6) is 11.5 Å². The minimum Gasteiger partial charge on any atom is -0.497 e. The first kappa shape index (κ1) is 109. The number of fused-ring (bicyclic) bond motifs is 5. The lowest BCUT2D eigenvalue weighted by molar-refractivity contribution is -0.112. The number of halogens is 2. The molecule has 143 heavy (non-hydrogen) atoms. The fourth-order valence-corrected chi connectivity index (χ4v) is 16.4. The summed E-state index contributed by atoms with van der Waals surface area (Å²) in [5, 5.41) is 51.1. The van der Waals surface area contributed by atoms with Gasteiger partial charge in [0.25, 0.3) is 0 Å². The van der Waals surface area contributed by atoms with Gasteiger partial charge in [0.2, 0.25) is 17.1 Å². The Balaban J connectivity index is 0.000000167. The zero-order valence-corrected chi connectivity index (χ0v) is 86.4. The summed E-state index contributed by atoms with van der Waals surface area (Å²) in [7, 11) is 3.32. The van der Waals surface area contributed by atoms with E-state index < -0.39 is 22.0 Å². The Bertz CT molecular complexity index is 6330. The van der Waals surface area contributed by atoms with E-state index in [2.05, 4.69) is 113 Å². The average molecular weight is 2010 g/mol. The van der Waals surface area contributed by atoms with E-state index in [1.54, 1.807) is 84.0 Å². The van der Waals surface area contributed by atoms with Crippen LogP contribution < -0.4 is 68.8 Å². The summed E-state index contributed by atoms with van der Waals surface area (Å²) in [5.74, 6) is 7.49. The minimum absolute atomic E-state index is 0.0239. The second-order valence-corrected chi connectivity index (χ2v) is 39.0. The molecule has 13 N–H and O–H groups in total. The van der Waals surface area contributed by atoms with Gasteiger partial charge in [-0.25, -0.2) is 39.3 Å². The lowest BCUT2D eigenvalue weighted by Crippen LogP contribution is -2.47. The van der Waals surface area contributed by atoms with Gasteiger partial charge in [0.1, 0.15) is 85.8 Å². The second kappa shape index (κ2) is 51.0. The van der Waals surface area contributed by atoms with Crippen molar-refractivity contribution in [1.82, 2.24) is 93.0 Å². The van der Waals surface area contributed by atoms with Crippen LogP contribution in [-0.4, -0.2) is 237 Å². The van der Waals surface area contributed by atoms with Gasteiger partial charge in [0, 0.05) is 147 Å². The van der Waals surface area contributed by atoms with E-state index in [1.165, 1.54) is 44.3 Å². The number of allylic oxidation sites excluding steroid dienone is 1. The first-order chi connectivity index (χ1) is 68.2. The molecule has 0 bridgehead atoms. The normalized spacial score (nSPS) is 16.4. The van der Waals surface area contributed by atoms with Gasteiger partial charge < -0.3 is 97.7 Å². The highest BCUT2D eigenvalue weighted by molar-refractivity contribution is 6.66. The number of hydrogen-bond donors (Lipinski definition) is 11. The van der Waals surface area contributed by atoms with E-state index in [4.69, 9.17) is 63.3 Å². The fourth-order valence-electron chi connectivity index (χ4n) is 16.2. The summed E-state index contributed by atoms with van der Waals surface area (Å²) < 4.78 is 35.3. The van der Waals surface area contributed by atoms with Gasteiger partial charge in [-0.15, -0.1) is 0 Å². The molecule has 1 saturated carbocycles. The molecule has 1 aliphatic carbocycles. The molecule has 5 fully saturated rings. The van der Waals surface area contributed by atoms with Crippen LogP contribution in [0.2, 0.25) is 5.15 Å². The number of carbonyl (C=O) groups excluding carboxylic acids is 6. The molecule has 0 radical (unpaired) electrons. The van der Waals surface area contributed by atoms with Crippen LogP contribution in [-0.2, 0) is 41.7 Å². The molecular formula is C101H139Cl2N29O11. The van der Waals surface area contributed by atoms with E-state index in [9.17, 15) is 28.8 Å². The number of nitrogen functional groups attached to an aromatic ring is 1. The molecule has 4 saturated heterocycles. The van der Waals surface area contributed by atoms with Crippen LogP contribution in [0.4, 0.5) is 66.7 Å². The minimum atomic E-state index is -0.527. The Morgan fingerprint density at radius 1 is 0.427 bits per heavy atom. The quantitative estimate of drug-likeness (QED) is 0.0138. The third-order valence-electron chi connectivity index (χ3n) is 23.6. The average Bonchev–Trinajstić information content (AvgIpc) is 1.70. The fraction of sp³-hybridized carbons (Fsp3) is 0.465. The van der Waals surface area contributed by atoms with Crippen molar-refractivity contribution in [3.63, 3.8) is 0 Å². The van der Waals surface area contributed by atoms with Crippen molar-refractivity contribution < 1.29 is 52.5 Å². The van der Waals surface area contributed by atoms with Crippen LogP contribution in [0.3, 0.4) is 0 Å². The first-order valence-corrected chi connectivity index (χ1v) is 49.0. The van der Waals surface area contributed by atoms with Crippen molar-refractivity contribution in [2.75, 3.05) is 115 Å². The van der Waals surface area contributed by atoms with E-state index >= 15 is 0 Å². The number of amides is 5. The van der Waals surface area contributed by atoms with Gasteiger partial charge in [0.15, 0.2) is 28.2 Å². The molecular weight excluding hydrogens is 1870 g/mol. The highest BCUT2D eigenvalue weighted by Crippen LogP contribution is 2.33. The number of aromatic nitrogens is 15. The Kier molecular flexibility index (Phi) is 39.0. The molecule has 4 aliphatic heterocycles. The lowest BCUT2D eigenvalue weighted by Gasteiger charge is -2.35. The number of benzene rings is 2. The predicted molar refractivity (Wildman–Crippen MR) is 561 cm³/mol. The van der Waals surface area contributed by atoms with Gasteiger partial charge in [-0.1, -0.05) is 74.9 Å².